The van der Waals surface area contributed by atoms with E-state index in [9.17, 15) is 4.79 Å². The molecule has 0 aliphatic carbocycles. The predicted molar refractivity (Wildman–Crippen MR) is 80.9 cm³/mol. The van der Waals surface area contributed by atoms with Crippen molar-refractivity contribution in [2.45, 2.75) is 12.8 Å². The van der Waals surface area contributed by atoms with Crippen molar-refractivity contribution in [3.63, 3.8) is 0 Å². The van der Waals surface area contributed by atoms with Gasteiger partial charge in [0.15, 0.2) is 5.75 Å². The lowest BCUT2D eigenvalue weighted by molar-refractivity contribution is -0.146. The van der Waals surface area contributed by atoms with Gasteiger partial charge >= 0.3 is 5.97 Å². The molecule has 0 saturated carbocycles. The number of carbonyl (C=O) groups is 1. The number of hydrogen-bond donors (Lipinski definition) is 1. The lowest BCUT2D eigenvalue weighted by Gasteiger charge is -2.32. The predicted octanol–water partition coefficient (Wildman–Crippen LogP) is 0.709. The van der Waals surface area contributed by atoms with Gasteiger partial charge < -0.3 is 20.1 Å². The second-order valence-corrected chi connectivity index (χ2v) is 5.25. The van der Waals surface area contributed by atoms with Crippen LogP contribution in [0.3, 0.4) is 0 Å². The molecule has 0 amide bonds. The second-order valence-electron chi connectivity index (χ2n) is 5.25. The summed E-state index contributed by atoms with van der Waals surface area (Å²) >= 11 is 0. The van der Waals surface area contributed by atoms with Gasteiger partial charge in [-0.1, -0.05) is 0 Å². The van der Waals surface area contributed by atoms with Crippen LogP contribution in [0.15, 0.2) is 12.1 Å². The Morgan fingerprint density at radius 1 is 1.32 bits per heavy atom. The first kappa shape index (κ1) is 14.4. The number of aromatic nitrogens is 3. The molecule has 2 aromatic rings. The van der Waals surface area contributed by atoms with E-state index in [1.54, 1.807) is 11.6 Å². The Hall–Kier alpha value is -2.51. The van der Waals surface area contributed by atoms with Crippen molar-refractivity contribution in [3.8, 4) is 5.75 Å². The van der Waals surface area contributed by atoms with Gasteiger partial charge in [0, 0.05) is 13.1 Å². The van der Waals surface area contributed by atoms with Crippen molar-refractivity contribution in [3.05, 3.63) is 12.1 Å². The normalized spacial score (nSPS) is 16.0. The number of rotatable bonds is 3. The first-order valence-electron chi connectivity index (χ1n) is 7.16. The quantitative estimate of drug-likeness (QED) is 0.834. The SMILES string of the molecule is COC(=O)C1CCN(c2ccc(OC)c3nc(N)nn23)CC1. The fraction of sp³-hybridized carbons (Fsp3) is 0.500. The monoisotopic (exact) mass is 305 g/mol. The van der Waals surface area contributed by atoms with E-state index in [1.165, 1.54) is 7.11 Å². The number of ether oxygens (including phenoxy) is 2. The molecular weight excluding hydrogens is 286 g/mol. The third-order valence-electron chi connectivity index (χ3n) is 4.02. The van der Waals surface area contributed by atoms with E-state index < -0.39 is 0 Å². The molecule has 1 aliphatic heterocycles. The standard InChI is InChI=1S/C14H19N5O3/c1-21-10-3-4-11(19-12(10)16-14(15)17-19)18-7-5-9(6-8-18)13(20)22-2/h3-4,9H,5-8H2,1-2H3,(H2,15,17). The molecular formula is C14H19N5O3. The molecule has 118 valence electrons. The summed E-state index contributed by atoms with van der Waals surface area (Å²) in [5.74, 6) is 1.55. The van der Waals surface area contributed by atoms with E-state index in [0.29, 0.717) is 11.4 Å². The molecule has 8 nitrogen and oxygen atoms in total. The summed E-state index contributed by atoms with van der Waals surface area (Å²) < 4.78 is 11.8. The van der Waals surface area contributed by atoms with E-state index >= 15 is 0 Å². The summed E-state index contributed by atoms with van der Waals surface area (Å²) in [6, 6.07) is 3.78. The number of nitrogens with zero attached hydrogens (tertiary/aromatic N) is 4. The number of nitrogen functional groups attached to an aromatic ring is 1. The summed E-state index contributed by atoms with van der Waals surface area (Å²) in [6.07, 6.45) is 1.51. The van der Waals surface area contributed by atoms with Crippen molar-refractivity contribution < 1.29 is 14.3 Å². The van der Waals surface area contributed by atoms with E-state index in [-0.39, 0.29) is 17.8 Å². The van der Waals surface area contributed by atoms with Crippen molar-refractivity contribution in [2.75, 3.05) is 37.9 Å². The van der Waals surface area contributed by atoms with Crippen molar-refractivity contribution in [1.29, 1.82) is 0 Å². The maximum atomic E-state index is 11.6. The molecule has 2 N–H and O–H groups in total. The van der Waals surface area contributed by atoms with Gasteiger partial charge in [-0.15, -0.1) is 5.10 Å². The largest absolute Gasteiger partial charge is 0.493 e. The van der Waals surface area contributed by atoms with Crippen molar-refractivity contribution in [2.24, 2.45) is 5.92 Å². The van der Waals surface area contributed by atoms with Crippen LogP contribution in [-0.4, -0.2) is 47.9 Å². The lowest BCUT2D eigenvalue weighted by Crippen LogP contribution is -2.37. The lowest BCUT2D eigenvalue weighted by atomic mass is 9.97. The van der Waals surface area contributed by atoms with Crippen molar-refractivity contribution >= 4 is 23.4 Å². The summed E-state index contributed by atoms with van der Waals surface area (Å²) in [4.78, 5) is 18.0. The van der Waals surface area contributed by atoms with E-state index in [4.69, 9.17) is 15.2 Å². The fourth-order valence-electron chi connectivity index (χ4n) is 2.85. The summed E-state index contributed by atoms with van der Waals surface area (Å²) in [5.41, 5.74) is 6.30. The molecule has 2 aromatic heterocycles. The van der Waals surface area contributed by atoms with Crippen LogP contribution >= 0.6 is 0 Å². The average Bonchev–Trinajstić information content (AvgIpc) is 2.94. The fourth-order valence-corrected chi connectivity index (χ4v) is 2.85. The number of anilines is 2. The third kappa shape index (κ3) is 2.40. The minimum absolute atomic E-state index is 0.0317. The molecule has 0 unspecified atom stereocenters. The number of fused-ring (bicyclic) bond motifs is 1. The van der Waals surface area contributed by atoms with Crippen LogP contribution < -0.4 is 15.4 Å². The minimum Gasteiger partial charge on any atom is -0.493 e. The van der Waals surface area contributed by atoms with Gasteiger partial charge in [0.05, 0.1) is 20.1 Å². The number of carbonyl (C=O) groups excluding carboxylic acids is 1. The number of nitrogens with two attached hydrogens (primary N) is 1. The molecule has 1 fully saturated rings. The molecule has 22 heavy (non-hydrogen) atoms. The highest BCUT2D eigenvalue weighted by molar-refractivity contribution is 5.72. The Morgan fingerprint density at radius 3 is 2.68 bits per heavy atom. The summed E-state index contributed by atoms with van der Waals surface area (Å²) in [5, 5.41) is 4.24. The summed E-state index contributed by atoms with van der Waals surface area (Å²) in [7, 11) is 3.02. The average molecular weight is 305 g/mol. The zero-order valence-electron chi connectivity index (χ0n) is 12.7. The Morgan fingerprint density at radius 2 is 2.05 bits per heavy atom. The Balaban J connectivity index is 1.87. The van der Waals surface area contributed by atoms with Crippen LogP contribution in [0.5, 0.6) is 5.75 Å². The van der Waals surface area contributed by atoms with Crippen LogP contribution in [0.4, 0.5) is 11.8 Å². The molecule has 0 radical (unpaired) electrons. The van der Waals surface area contributed by atoms with Crippen LogP contribution in [0.1, 0.15) is 12.8 Å². The Kier molecular flexibility index (Phi) is 3.74. The van der Waals surface area contributed by atoms with Gasteiger partial charge in [0.25, 0.3) is 0 Å². The number of methoxy groups -OCH3 is 2. The third-order valence-corrected chi connectivity index (χ3v) is 4.02. The molecule has 3 heterocycles. The van der Waals surface area contributed by atoms with E-state index in [2.05, 4.69) is 15.0 Å². The summed E-state index contributed by atoms with van der Waals surface area (Å²) in [6.45, 7) is 1.50. The Bertz CT molecular complexity index is 691. The number of esters is 1. The molecule has 3 rings (SSSR count). The maximum Gasteiger partial charge on any atom is 0.308 e. The molecule has 0 atom stereocenters. The molecule has 0 bridgehead atoms. The highest BCUT2D eigenvalue weighted by Gasteiger charge is 2.27. The van der Waals surface area contributed by atoms with Gasteiger partial charge in [-0.3, -0.25) is 4.79 Å². The zero-order chi connectivity index (χ0) is 15.7. The minimum atomic E-state index is -0.135. The van der Waals surface area contributed by atoms with Crippen LogP contribution in [-0.2, 0) is 9.53 Å². The van der Waals surface area contributed by atoms with Crippen LogP contribution in [0.2, 0.25) is 0 Å². The topological polar surface area (TPSA) is 95.0 Å². The highest BCUT2D eigenvalue weighted by Crippen LogP contribution is 2.28. The zero-order valence-corrected chi connectivity index (χ0v) is 12.7. The molecule has 0 spiro atoms. The van der Waals surface area contributed by atoms with E-state index in [0.717, 1.165) is 31.7 Å². The first-order valence-corrected chi connectivity index (χ1v) is 7.16. The highest BCUT2D eigenvalue weighted by atomic mass is 16.5. The van der Waals surface area contributed by atoms with Gasteiger partial charge in [0.2, 0.25) is 11.6 Å². The van der Waals surface area contributed by atoms with E-state index in [1.807, 2.05) is 12.1 Å². The molecule has 8 heteroatoms. The smallest absolute Gasteiger partial charge is 0.308 e. The maximum absolute atomic E-state index is 11.6. The first-order chi connectivity index (χ1) is 10.6. The van der Waals surface area contributed by atoms with Gasteiger partial charge in [-0.25, -0.2) is 0 Å². The number of piperidine rings is 1. The molecule has 1 saturated heterocycles. The van der Waals surface area contributed by atoms with Crippen molar-refractivity contribution in [1.82, 2.24) is 14.6 Å². The number of hydrogen-bond acceptors (Lipinski definition) is 7. The van der Waals surface area contributed by atoms with Gasteiger partial charge in [0.1, 0.15) is 5.82 Å². The van der Waals surface area contributed by atoms with Gasteiger partial charge in [-0.05, 0) is 25.0 Å². The number of pyridine rings is 1. The van der Waals surface area contributed by atoms with Gasteiger partial charge in [-0.2, -0.15) is 9.50 Å². The second kappa shape index (κ2) is 5.70. The molecule has 1 aliphatic rings. The van der Waals surface area contributed by atoms with Crippen LogP contribution in [0.25, 0.3) is 5.65 Å². The molecule has 0 aromatic carbocycles. The van der Waals surface area contributed by atoms with Crippen LogP contribution in [0, 0.1) is 5.92 Å². The Labute approximate surface area is 127 Å².